The van der Waals surface area contributed by atoms with Crippen molar-refractivity contribution < 1.29 is 17.9 Å². The van der Waals surface area contributed by atoms with Gasteiger partial charge in [-0.2, -0.15) is 13.2 Å². The fraction of sp³-hybridized carbons (Fsp3) is 0.294. The molecule has 0 saturated carbocycles. The summed E-state index contributed by atoms with van der Waals surface area (Å²) in [5.74, 6) is 0.535. The van der Waals surface area contributed by atoms with Crippen molar-refractivity contribution in [1.82, 2.24) is 9.97 Å². The van der Waals surface area contributed by atoms with E-state index in [0.717, 1.165) is 11.3 Å². The average Bonchev–Trinajstić information content (AvgIpc) is 2.44. The SMILES string of the molecule is Cc1cncc(C2=CC(C)(C)Oc3ccc(SC(F)(F)F)cc32)n1. The predicted octanol–water partition coefficient (Wildman–Crippen LogP) is 5.00. The molecule has 0 unspecified atom stereocenters. The lowest BCUT2D eigenvalue weighted by Crippen LogP contribution is -2.29. The number of halogens is 3. The largest absolute Gasteiger partial charge is 0.483 e. The zero-order valence-corrected chi connectivity index (χ0v) is 14.1. The van der Waals surface area contributed by atoms with Crippen molar-refractivity contribution in [2.75, 3.05) is 0 Å². The molecule has 0 aliphatic carbocycles. The first-order valence-corrected chi connectivity index (χ1v) is 8.06. The van der Waals surface area contributed by atoms with E-state index in [9.17, 15) is 13.2 Å². The lowest BCUT2D eigenvalue weighted by molar-refractivity contribution is -0.0328. The molecule has 24 heavy (non-hydrogen) atoms. The molecule has 0 bridgehead atoms. The van der Waals surface area contributed by atoms with Gasteiger partial charge in [0.1, 0.15) is 11.4 Å². The Hall–Kier alpha value is -2.02. The third-order valence-corrected chi connectivity index (χ3v) is 4.09. The Morgan fingerprint density at radius 1 is 1.17 bits per heavy atom. The Morgan fingerprint density at radius 2 is 1.92 bits per heavy atom. The molecule has 2 heterocycles. The second-order valence-electron chi connectivity index (χ2n) is 6.01. The molecule has 2 aromatic rings. The minimum atomic E-state index is -4.34. The van der Waals surface area contributed by atoms with Crippen molar-refractivity contribution in [3.8, 4) is 5.75 Å². The molecule has 0 amide bonds. The standard InChI is InChI=1S/C17H15F3N2OS/c1-10-8-21-9-14(22-10)13-7-16(2,3)23-15-5-4-11(6-12(13)15)24-17(18,19)20/h4-9H,1-3H3. The van der Waals surface area contributed by atoms with Crippen LogP contribution in [0.15, 0.2) is 41.6 Å². The highest BCUT2D eigenvalue weighted by Gasteiger charge is 2.32. The maximum absolute atomic E-state index is 12.7. The third kappa shape index (κ3) is 3.72. The van der Waals surface area contributed by atoms with E-state index in [4.69, 9.17) is 4.74 Å². The van der Waals surface area contributed by atoms with Gasteiger partial charge in [-0.15, -0.1) is 0 Å². The molecule has 1 aromatic heterocycles. The summed E-state index contributed by atoms with van der Waals surface area (Å²) >= 11 is -0.145. The van der Waals surface area contributed by atoms with Crippen molar-refractivity contribution in [1.29, 1.82) is 0 Å². The highest BCUT2D eigenvalue weighted by atomic mass is 32.2. The molecule has 0 N–H and O–H groups in total. The van der Waals surface area contributed by atoms with Gasteiger partial charge in [0.2, 0.25) is 0 Å². The highest BCUT2D eigenvalue weighted by molar-refractivity contribution is 8.00. The van der Waals surface area contributed by atoms with Crippen molar-refractivity contribution in [2.24, 2.45) is 0 Å². The summed E-state index contributed by atoms with van der Waals surface area (Å²) in [6.45, 7) is 5.59. The van der Waals surface area contributed by atoms with Gasteiger partial charge in [-0.1, -0.05) is 0 Å². The summed E-state index contributed by atoms with van der Waals surface area (Å²) in [5, 5.41) is 0. The number of thioether (sulfide) groups is 1. The van der Waals surface area contributed by atoms with Gasteiger partial charge in [-0.05, 0) is 56.8 Å². The fourth-order valence-electron chi connectivity index (χ4n) is 2.55. The number of benzene rings is 1. The smallest absolute Gasteiger partial charge is 0.446 e. The molecule has 1 aliphatic rings. The molecule has 0 spiro atoms. The maximum atomic E-state index is 12.7. The molecule has 3 rings (SSSR count). The molecule has 1 aliphatic heterocycles. The van der Waals surface area contributed by atoms with E-state index in [1.165, 1.54) is 12.1 Å². The summed E-state index contributed by atoms with van der Waals surface area (Å²) in [6, 6.07) is 4.47. The number of hydrogen-bond acceptors (Lipinski definition) is 4. The fourth-order valence-corrected chi connectivity index (χ4v) is 3.13. The molecule has 0 atom stereocenters. The zero-order chi connectivity index (χ0) is 17.5. The van der Waals surface area contributed by atoms with Gasteiger partial charge in [0.25, 0.3) is 0 Å². The van der Waals surface area contributed by atoms with Crippen LogP contribution >= 0.6 is 11.8 Å². The Morgan fingerprint density at radius 3 is 2.58 bits per heavy atom. The molecular formula is C17H15F3N2OS. The Kier molecular flexibility index (Phi) is 4.07. The number of nitrogens with zero attached hydrogens (tertiary/aromatic N) is 2. The van der Waals surface area contributed by atoms with Gasteiger partial charge in [0.15, 0.2) is 0 Å². The van der Waals surface area contributed by atoms with Gasteiger partial charge in [-0.3, -0.25) is 4.98 Å². The molecule has 7 heteroatoms. The van der Waals surface area contributed by atoms with Crippen molar-refractivity contribution in [2.45, 2.75) is 36.8 Å². The first-order chi connectivity index (χ1) is 11.1. The predicted molar refractivity (Wildman–Crippen MR) is 86.9 cm³/mol. The van der Waals surface area contributed by atoms with Crippen LogP contribution in [0.4, 0.5) is 13.2 Å². The van der Waals surface area contributed by atoms with Gasteiger partial charge in [0, 0.05) is 22.2 Å². The molecule has 0 radical (unpaired) electrons. The Labute approximate surface area is 142 Å². The van der Waals surface area contributed by atoms with Crippen LogP contribution < -0.4 is 4.74 Å². The Balaban J connectivity index is 2.12. The normalized spacial score (nSPS) is 16.2. The molecule has 1 aromatic carbocycles. The number of fused-ring (bicyclic) bond motifs is 1. The quantitative estimate of drug-likeness (QED) is 0.713. The monoisotopic (exact) mass is 352 g/mol. The summed E-state index contributed by atoms with van der Waals surface area (Å²) in [6.07, 6.45) is 5.10. The molecule has 0 fully saturated rings. The second kappa shape index (κ2) is 5.81. The lowest BCUT2D eigenvalue weighted by Gasteiger charge is -2.31. The van der Waals surface area contributed by atoms with Crippen molar-refractivity contribution in [3.63, 3.8) is 0 Å². The van der Waals surface area contributed by atoms with E-state index >= 15 is 0 Å². The van der Waals surface area contributed by atoms with Crippen LogP contribution in [0.3, 0.4) is 0 Å². The highest BCUT2D eigenvalue weighted by Crippen LogP contribution is 2.43. The number of rotatable bonds is 2. The molecule has 126 valence electrons. The van der Waals surface area contributed by atoms with E-state index in [0.29, 0.717) is 17.0 Å². The van der Waals surface area contributed by atoms with Crippen LogP contribution in [0.5, 0.6) is 5.75 Å². The number of aromatic nitrogens is 2. The Bertz CT molecular complexity index is 816. The van der Waals surface area contributed by atoms with Crippen LogP contribution in [0.1, 0.15) is 30.8 Å². The van der Waals surface area contributed by atoms with E-state index in [2.05, 4.69) is 9.97 Å². The van der Waals surface area contributed by atoms with Gasteiger partial charge in [-0.25, -0.2) is 4.98 Å². The summed E-state index contributed by atoms with van der Waals surface area (Å²) < 4.78 is 43.9. The van der Waals surface area contributed by atoms with Crippen LogP contribution in [0, 0.1) is 6.92 Å². The van der Waals surface area contributed by atoms with Crippen LogP contribution in [0.2, 0.25) is 0 Å². The lowest BCUT2D eigenvalue weighted by atomic mass is 9.93. The van der Waals surface area contributed by atoms with E-state index in [-0.39, 0.29) is 16.7 Å². The number of alkyl halides is 3. The molecule has 3 nitrogen and oxygen atoms in total. The van der Waals surface area contributed by atoms with Crippen molar-refractivity contribution in [3.05, 3.63) is 53.6 Å². The van der Waals surface area contributed by atoms with Crippen LogP contribution in [0.25, 0.3) is 5.57 Å². The topological polar surface area (TPSA) is 35.0 Å². The van der Waals surface area contributed by atoms with Gasteiger partial charge >= 0.3 is 5.51 Å². The van der Waals surface area contributed by atoms with E-state index < -0.39 is 11.1 Å². The minimum Gasteiger partial charge on any atom is -0.483 e. The number of aryl methyl sites for hydroxylation is 1. The zero-order valence-electron chi connectivity index (χ0n) is 13.3. The average molecular weight is 352 g/mol. The first-order valence-electron chi connectivity index (χ1n) is 7.24. The van der Waals surface area contributed by atoms with E-state index in [1.807, 2.05) is 26.8 Å². The van der Waals surface area contributed by atoms with Gasteiger partial charge in [0.05, 0.1) is 17.6 Å². The summed E-state index contributed by atoms with van der Waals surface area (Å²) in [7, 11) is 0. The molecule has 0 saturated heterocycles. The summed E-state index contributed by atoms with van der Waals surface area (Å²) in [5.41, 5.74) is -2.27. The first kappa shape index (κ1) is 16.8. The number of ether oxygens (including phenoxy) is 1. The summed E-state index contributed by atoms with van der Waals surface area (Å²) in [4.78, 5) is 8.69. The molecular weight excluding hydrogens is 337 g/mol. The van der Waals surface area contributed by atoms with Crippen molar-refractivity contribution >= 4 is 17.3 Å². The van der Waals surface area contributed by atoms with E-state index in [1.54, 1.807) is 18.5 Å². The number of hydrogen-bond donors (Lipinski definition) is 0. The second-order valence-corrected chi connectivity index (χ2v) is 7.15. The van der Waals surface area contributed by atoms with Crippen LogP contribution in [-0.4, -0.2) is 21.1 Å². The third-order valence-electron chi connectivity index (χ3n) is 3.37. The maximum Gasteiger partial charge on any atom is 0.446 e. The minimum absolute atomic E-state index is 0.107. The van der Waals surface area contributed by atoms with Gasteiger partial charge < -0.3 is 4.74 Å². The van der Waals surface area contributed by atoms with Crippen LogP contribution in [-0.2, 0) is 0 Å².